The van der Waals surface area contributed by atoms with Gasteiger partial charge in [0.25, 0.3) is 17.7 Å². The first-order valence-corrected chi connectivity index (χ1v) is 12.5. The molecule has 194 valence electrons. The predicted octanol–water partition coefficient (Wildman–Crippen LogP) is 5.98. The molecule has 0 aromatic heterocycles. The zero-order valence-corrected chi connectivity index (χ0v) is 21.8. The fraction of sp³-hybridized carbons (Fsp3) is 0.143. The van der Waals surface area contributed by atoms with Crippen LogP contribution in [0.1, 0.15) is 40.5 Å². The highest BCUT2D eigenvalue weighted by atomic mass is 35.5. The molecule has 38 heavy (non-hydrogen) atoms. The molecule has 4 rings (SSSR count). The third-order valence-corrected chi connectivity index (χ3v) is 6.32. The van der Waals surface area contributed by atoms with E-state index in [4.69, 9.17) is 27.9 Å². The number of rotatable bonds is 9. The van der Waals surface area contributed by atoms with Crippen LogP contribution >= 0.6 is 23.2 Å². The van der Waals surface area contributed by atoms with Gasteiger partial charge in [0.1, 0.15) is 10.7 Å². The number of hydrogen-bond donors (Lipinski definition) is 2. The number of hydrogen-bond acceptors (Lipinski definition) is 6. The van der Waals surface area contributed by atoms with Gasteiger partial charge in [-0.05, 0) is 67.1 Å². The van der Waals surface area contributed by atoms with Crippen molar-refractivity contribution in [2.75, 3.05) is 22.1 Å². The first-order chi connectivity index (χ1) is 18.3. The van der Waals surface area contributed by atoms with E-state index in [1.54, 1.807) is 72.8 Å². The lowest BCUT2D eigenvalue weighted by atomic mass is 10.1. The molecule has 0 spiro atoms. The van der Waals surface area contributed by atoms with E-state index in [1.807, 2.05) is 6.92 Å². The minimum atomic E-state index is -0.691. The van der Waals surface area contributed by atoms with Crippen molar-refractivity contribution in [2.45, 2.75) is 19.8 Å². The number of para-hydroxylation sites is 1. The molecule has 3 aromatic carbocycles. The van der Waals surface area contributed by atoms with Gasteiger partial charge in [0.05, 0.1) is 22.9 Å². The summed E-state index contributed by atoms with van der Waals surface area (Å²) in [6, 6.07) is 19.1. The number of nitrogens with zero attached hydrogens (tertiary/aromatic N) is 1. The number of anilines is 3. The molecule has 1 aliphatic rings. The summed E-state index contributed by atoms with van der Waals surface area (Å²) in [4.78, 5) is 51.2. The van der Waals surface area contributed by atoms with E-state index >= 15 is 0 Å². The molecule has 2 N–H and O–H groups in total. The Labute approximate surface area is 229 Å². The van der Waals surface area contributed by atoms with Gasteiger partial charge in [-0.25, -0.2) is 9.69 Å². The summed E-state index contributed by atoms with van der Waals surface area (Å²) in [5, 5.41) is 5.58. The molecule has 0 bridgehead atoms. The topological polar surface area (TPSA) is 105 Å². The number of imide groups is 1. The fourth-order valence-electron chi connectivity index (χ4n) is 3.60. The lowest BCUT2D eigenvalue weighted by Gasteiger charge is -2.16. The maximum Gasteiger partial charge on any atom is 0.338 e. The number of carbonyl (C=O) groups excluding carboxylic acids is 4. The van der Waals surface area contributed by atoms with Crippen molar-refractivity contribution >= 4 is 64.0 Å². The number of halogens is 2. The number of ether oxygens (including phenoxy) is 1. The quantitative estimate of drug-likeness (QED) is 0.192. The molecule has 0 atom stereocenters. The van der Waals surface area contributed by atoms with E-state index in [-0.39, 0.29) is 27.3 Å². The summed E-state index contributed by atoms with van der Waals surface area (Å²) in [6.07, 6.45) is 1.73. The highest BCUT2D eigenvalue weighted by Gasteiger charge is 2.39. The third-order valence-electron chi connectivity index (χ3n) is 5.65. The molecular formula is C28H23Cl2N3O5. The SMILES string of the molecule is CCCCOC(=O)c1ccc(NC(=O)c2ccc(NC3=C(Cl)C(=O)N(c4ccccc4Cl)C3=O)cc2)cc1. The molecule has 1 aliphatic heterocycles. The number of carbonyl (C=O) groups is 4. The van der Waals surface area contributed by atoms with Crippen LogP contribution in [-0.4, -0.2) is 30.3 Å². The monoisotopic (exact) mass is 551 g/mol. The minimum absolute atomic E-state index is 0.0953. The highest BCUT2D eigenvalue weighted by Crippen LogP contribution is 2.34. The van der Waals surface area contributed by atoms with E-state index in [9.17, 15) is 19.2 Å². The molecule has 0 unspecified atom stereocenters. The number of benzene rings is 3. The zero-order valence-electron chi connectivity index (χ0n) is 20.3. The molecule has 3 aromatic rings. The maximum absolute atomic E-state index is 12.9. The number of amides is 3. The van der Waals surface area contributed by atoms with Crippen LogP contribution in [0, 0.1) is 0 Å². The smallest absolute Gasteiger partial charge is 0.338 e. The molecule has 0 saturated carbocycles. The van der Waals surface area contributed by atoms with Crippen LogP contribution in [0.25, 0.3) is 0 Å². The van der Waals surface area contributed by atoms with E-state index in [1.165, 1.54) is 0 Å². The molecular weight excluding hydrogens is 529 g/mol. The van der Waals surface area contributed by atoms with Crippen molar-refractivity contribution in [3.63, 3.8) is 0 Å². The Kier molecular flexibility index (Phi) is 8.45. The second-order valence-electron chi connectivity index (χ2n) is 8.31. The molecule has 0 aliphatic carbocycles. The van der Waals surface area contributed by atoms with Crippen molar-refractivity contribution in [3.8, 4) is 0 Å². The molecule has 8 nitrogen and oxygen atoms in total. The van der Waals surface area contributed by atoms with Gasteiger partial charge in [-0.1, -0.05) is 48.7 Å². The van der Waals surface area contributed by atoms with Gasteiger partial charge in [0, 0.05) is 16.9 Å². The Bertz CT molecular complexity index is 1420. The Hall–Kier alpha value is -4.14. The summed E-state index contributed by atoms with van der Waals surface area (Å²) in [5.41, 5.74) is 1.84. The van der Waals surface area contributed by atoms with E-state index in [0.29, 0.717) is 29.1 Å². The van der Waals surface area contributed by atoms with Gasteiger partial charge < -0.3 is 15.4 Å². The van der Waals surface area contributed by atoms with Crippen LogP contribution in [0.15, 0.2) is 83.5 Å². The van der Waals surface area contributed by atoms with Crippen LogP contribution in [0.2, 0.25) is 5.02 Å². The summed E-state index contributed by atoms with van der Waals surface area (Å²) >= 11 is 12.3. The second kappa shape index (κ2) is 11.9. The van der Waals surface area contributed by atoms with Crippen LogP contribution in [-0.2, 0) is 14.3 Å². The van der Waals surface area contributed by atoms with Crippen molar-refractivity contribution in [3.05, 3.63) is 99.7 Å². The minimum Gasteiger partial charge on any atom is -0.462 e. The standard InChI is InChI=1S/C28H23Cl2N3O5/c1-2-3-16-38-28(37)18-10-14-20(15-11-18)32-25(34)17-8-12-19(13-9-17)31-24-23(30)26(35)33(27(24)36)22-7-5-4-6-21(22)29/h4-15,31H,2-3,16H2,1H3,(H,32,34). The van der Waals surface area contributed by atoms with E-state index < -0.39 is 17.8 Å². The number of esters is 1. The predicted molar refractivity (Wildman–Crippen MR) is 146 cm³/mol. The Morgan fingerprint density at radius 1 is 0.842 bits per heavy atom. The average Bonchev–Trinajstić information content (AvgIpc) is 3.12. The molecule has 10 heteroatoms. The first kappa shape index (κ1) is 26.9. The number of nitrogens with one attached hydrogen (secondary N) is 2. The third kappa shape index (κ3) is 5.88. The Morgan fingerprint density at radius 2 is 1.47 bits per heavy atom. The van der Waals surface area contributed by atoms with Crippen molar-refractivity contribution < 1.29 is 23.9 Å². The van der Waals surface area contributed by atoms with E-state index in [0.717, 1.165) is 17.7 Å². The normalized spacial score (nSPS) is 13.1. The van der Waals surface area contributed by atoms with Crippen LogP contribution in [0.5, 0.6) is 0 Å². The maximum atomic E-state index is 12.9. The molecule has 3 amide bonds. The van der Waals surface area contributed by atoms with Crippen LogP contribution < -0.4 is 15.5 Å². The highest BCUT2D eigenvalue weighted by molar-refractivity contribution is 6.53. The summed E-state index contributed by atoms with van der Waals surface area (Å²) < 4.78 is 5.18. The van der Waals surface area contributed by atoms with Crippen molar-refractivity contribution in [2.24, 2.45) is 0 Å². The Morgan fingerprint density at radius 3 is 2.13 bits per heavy atom. The van der Waals surface area contributed by atoms with Gasteiger partial charge in [-0.3, -0.25) is 14.4 Å². The van der Waals surface area contributed by atoms with Gasteiger partial charge in [-0.15, -0.1) is 0 Å². The average molecular weight is 552 g/mol. The van der Waals surface area contributed by atoms with Gasteiger partial charge in [-0.2, -0.15) is 0 Å². The molecule has 1 heterocycles. The lowest BCUT2D eigenvalue weighted by Crippen LogP contribution is -2.32. The van der Waals surface area contributed by atoms with Gasteiger partial charge in [0.2, 0.25) is 0 Å². The summed E-state index contributed by atoms with van der Waals surface area (Å²) in [5.74, 6) is -2.12. The first-order valence-electron chi connectivity index (χ1n) is 11.8. The number of unbranched alkanes of at least 4 members (excludes halogenated alkanes) is 1. The zero-order chi connectivity index (χ0) is 27.2. The molecule has 0 fully saturated rings. The van der Waals surface area contributed by atoms with Crippen molar-refractivity contribution in [1.29, 1.82) is 0 Å². The van der Waals surface area contributed by atoms with E-state index in [2.05, 4.69) is 10.6 Å². The van der Waals surface area contributed by atoms with Gasteiger partial charge >= 0.3 is 5.97 Å². The Balaban J connectivity index is 1.39. The summed E-state index contributed by atoms with van der Waals surface area (Å²) in [7, 11) is 0. The molecule has 0 saturated heterocycles. The van der Waals surface area contributed by atoms with Crippen LogP contribution in [0.3, 0.4) is 0 Å². The molecule has 0 radical (unpaired) electrons. The fourth-order valence-corrected chi connectivity index (χ4v) is 4.03. The van der Waals surface area contributed by atoms with Crippen molar-refractivity contribution in [1.82, 2.24) is 0 Å². The van der Waals surface area contributed by atoms with Gasteiger partial charge in [0.15, 0.2) is 0 Å². The summed E-state index contributed by atoms with van der Waals surface area (Å²) in [6.45, 7) is 2.38. The van der Waals surface area contributed by atoms with Crippen LogP contribution in [0.4, 0.5) is 17.1 Å². The lowest BCUT2D eigenvalue weighted by molar-refractivity contribution is -0.120. The largest absolute Gasteiger partial charge is 0.462 e. The second-order valence-corrected chi connectivity index (χ2v) is 9.09.